The molecule has 3 aromatic rings. The normalized spacial score (nSPS) is 12.2. The molecule has 0 aliphatic rings. The second kappa shape index (κ2) is 11.5. The Labute approximate surface area is 185 Å². The van der Waals surface area contributed by atoms with Crippen molar-refractivity contribution in [3.05, 3.63) is 72.6 Å². The molecule has 158 valence electrons. The number of nitrogens with zero attached hydrogens (tertiary/aromatic N) is 2. The zero-order valence-corrected chi connectivity index (χ0v) is 18.9. The maximum atomic E-state index is 12.7. The third kappa shape index (κ3) is 7.24. The van der Waals surface area contributed by atoms with Crippen LogP contribution in [0.15, 0.2) is 71.9 Å². The van der Waals surface area contributed by atoms with Crippen LogP contribution in [0.4, 0.5) is 0 Å². The minimum atomic E-state index is -3.56. The van der Waals surface area contributed by atoms with Crippen LogP contribution in [0.3, 0.4) is 0 Å². The Hall–Kier alpha value is -1.70. The van der Waals surface area contributed by atoms with E-state index in [2.05, 4.69) is 26.7 Å². The third-order valence-corrected chi connectivity index (χ3v) is 6.08. The first-order valence-corrected chi connectivity index (χ1v) is 10.5. The molecule has 5 nitrogen and oxygen atoms in total. The Kier molecular flexibility index (Phi) is 10.0. The van der Waals surface area contributed by atoms with Crippen molar-refractivity contribution in [3.8, 4) is 0 Å². The highest BCUT2D eigenvalue weighted by Gasteiger charge is 2.18. The molecule has 0 saturated heterocycles. The first-order chi connectivity index (χ1) is 12.9. The van der Waals surface area contributed by atoms with Crippen LogP contribution in [0.2, 0.25) is 0 Å². The fraction of sp³-hybridized carbons (Fsp3) is 0.286. The molecule has 0 aliphatic carbocycles. The van der Waals surface area contributed by atoms with Gasteiger partial charge in [0, 0.05) is 36.9 Å². The predicted octanol–water partition coefficient (Wildman–Crippen LogP) is 3.92. The zero-order chi connectivity index (χ0) is 19.3. The van der Waals surface area contributed by atoms with Crippen LogP contribution >= 0.6 is 24.8 Å². The Morgan fingerprint density at radius 3 is 2.48 bits per heavy atom. The molecule has 1 aromatic heterocycles. The summed E-state index contributed by atoms with van der Waals surface area (Å²) in [5.74, 6) is 0. The minimum Gasteiger partial charge on any atom is -0.304 e. The molecular weight excluding hydrogens is 429 g/mol. The number of sulfonamides is 1. The average molecular weight is 456 g/mol. The molecule has 1 heterocycles. The molecule has 3 rings (SSSR count). The lowest BCUT2D eigenvalue weighted by Gasteiger charge is -2.22. The van der Waals surface area contributed by atoms with E-state index in [1.165, 1.54) is 5.56 Å². The van der Waals surface area contributed by atoms with Gasteiger partial charge < -0.3 is 4.90 Å². The highest BCUT2D eigenvalue weighted by Crippen LogP contribution is 2.18. The lowest BCUT2D eigenvalue weighted by Crippen LogP contribution is -2.41. The number of aromatic nitrogens is 1. The number of hydrogen-bond donors (Lipinski definition) is 1. The van der Waals surface area contributed by atoms with Crippen molar-refractivity contribution < 1.29 is 8.42 Å². The molecule has 0 fully saturated rings. The van der Waals surface area contributed by atoms with E-state index in [-0.39, 0.29) is 35.8 Å². The summed E-state index contributed by atoms with van der Waals surface area (Å²) in [5, 5.41) is 1.78. The Bertz CT molecular complexity index is 1000. The van der Waals surface area contributed by atoms with Crippen molar-refractivity contribution >= 4 is 45.6 Å². The van der Waals surface area contributed by atoms with E-state index in [4.69, 9.17) is 0 Å². The number of halogens is 2. The van der Waals surface area contributed by atoms with Gasteiger partial charge in [0.2, 0.25) is 10.0 Å². The molecule has 0 saturated carbocycles. The first-order valence-electron chi connectivity index (χ1n) is 9.02. The maximum Gasteiger partial charge on any atom is 0.240 e. The van der Waals surface area contributed by atoms with Gasteiger partial charge in [-0.1, -0.05) is 36.4 Å². The standard InChI is InChI=1S/C21H25N3O2S.2ClH/c1-17(16-24(2)13-11-18-6-4-3-5-7-18)23-27(25,26)21-9-8-20-15-22-12-10-19(20)14-21;;/h3-10,12,14-15,17,23H,11,13,16H2,1-2H3;2*1H/t17-;;/m1../s1. The first kappa shape index (κ1) is 25.3. The average Bonchev–Trinajstić information content (AvgIpc) is 2.66. The quantitative estimate of drug-likeness (QED) is 0.558. The van der Waals surface area contributed by atoms with Gasteiger partial charge in [-0.3, -0.25) is 4.98 Å². The van der Waals surface area contributed by atoms with Gasteiger partial charge in [0.05, 0.1) is 4.90 Å². The lowest BCUT2D eigenvalue weighted by atomic mass is 10.1. The van der Waals surface area contributed by atoms with Gasteiger partial charge in [0.25, 0.3) is 0 Å². The van der Waals surface area contributed by atoms with Crippen molar-refractivity contribution in [3.63, 3.8) is 0 Å². The Morgan fingerprint density at radius 1 is 1.03 bits per heavy atom. The molecule has 8 heteroatoms. The molecule has 0 radical (unpaired) electrons. The van der Waals surface area contributed by atoms with Crippen molar-refractivity contribution in [2.75, 3.05) is 20.1 Å². The number of likely N-dealkylation sites (N-methyl/N-ethyl adjacent to an activating group) is 1. The minimum absolute atomic E-state index is 0. The van der Waals surface area contributed by atoms with E-state index in [1.54, 1.807) is 30.6 Å². The molecular formula is C21H27Cl2N3O2S. The Morgan fingerprint density at radius 2 is 1.76 bits per heavy atom. The number of rotatable bonds is 8. The van der Waals surface area contributed by atoms with Crippen LogP contribution in [0.25, 0.3) is 10.8 Å². The fourth-order valence-corrected chi connectivity index (χ4v) is 4.39. The summed E-state index contributed by atoms with van der Waals surface area (Å²) in [6.07, 6.45) is 4.33. The number of hydrogen-bond acceptors (Lipinski definition) is 4. The smallest absolute Gasteiger partial charge is 0.240 e. The third-order valence-electron chi connectivity index (χ3n) is 4.49. The van der Waals surface area contributed by atoms with Crippen molar-refractivity contribution in [1.29, 1.82) is 0 Å². The summed E-state index contributed by atoms with van der Waals surface area (Å²) in [6.45, 7) is 3.41. The number of nitrogens with one attached hydrogen (secondary N) is 1. The van der Waals surface area contributed by atoms with Crippen molar-refractivity contribution in [2.24, 2.45) is 0 Å². The van der Waals surface area contributed by atoms with E-state index in [9.17, 15) is 8.42 Å². The van der Waals surface area contributed by atoms with Crippen LogP contribution in [0.5, 0.6) is 0 Å². The largest absolute Gasteiger partial charge is 0.304 e. The van der Waals surface area contributed by atoms with Crippen LogP contribution in [0, 0.1) is 0 Å². The molecule has 29 heavy (non-hydrogen) atoms. The molecule has 1 atom stereocenters. The highest BCUT2D eigenvalue weighted by molar-refractivity contribution is 7.89. The number of benzene rings is 2. The number of pyridine rings is 1. The second-order valence-electron chi connectivity index (χ2n) is 6.90. The van der Waals surface area contributed by atoms with Gasteiger partial charge in [0.15, 0.2) is 0 Å². The number of fused-ring (bicyclic) bond motifs is 1. The fourth-order valence-electron chi connectivity index (χ4n) is 3.12. The zero-order valence-electron chi connectivity index (χ0n) is 16.5. The SMILES string of the molecule is C[C@H](CN(C)CCc1ccccc1)NS(=O)(=O)c1ccc2cnccc2c1.Cl.Cl. The summed E-state index contributed by atoms with van der Waals surface area (Å²) in [4.78, 5) is 6.48. The molecule has 2 aromatic carbocycles. The lowest BCUT2D eigenvalue weighted by molar-refractivity contribution is 0.313. The Balaban J connectivity index is 0.00000210. The second-order valence-corrected chi connectivity index (χ2v) is 8.62. The monoisotopic (exact) mass is 455 g/mol. The van der Waals surface area contributed by atoms with Crippen LogP contribution in [0.1, 0.15) is 12.5 Å². The van der Waals surface area contributed by atoms with Crippen molar-refractivity contribution in [1.82, 2.24) is 14.6 Å². The maximum absolute atomic E-state index is 12.7. The van der Waals surface area contributed by atoms with E-state index >= 15 is 0 Å². The highest BCUT2D eigenvalue weighted by atomic mass is 35.5. The van der Waals surface area contributed by atoms with Gasteiger partial charge in [-0.2, -0.15) is 0 Å². The molecule has 0 unspecified atom stereocenters. The summed E-state index contributed by atoms with van der Waals surface area (Å²) in [7, 11) is -1.55. The summed E-state index contributed by atoms with van der Waals surface area (Å²) < 4.78 is 28.2. The van der Waals surface area contributed by atoms with Crippen LogP contribution < -0.4 is 4.72 Å². The van der Waals surface area contributed by atoms with Gasteiger partial charge in [-0.05, 0) is 49.5 Å². The molecule has 0 aliphatic heterocycles. The summed E-state index contributed by atoms with van der Waals surface area (Å²) in [6, 6.07) is 17.0. The summed E-state index contributed by atoms with van der Waals surface area (Å²) >= 11 is 0. The molecule has 0 spiro atoms. The van der Waals surface area contributed by atoms with Gasteiger partial charge >= 0.3 is 0 Å². The van der Waals surface area contributed by atoms with Crippen LogP contribution in [-0.4, -0.2) is 44.5 Å². The topological polar surface area (TPSA) is 62.3 Å². The van der Waals surface area contributed by atoms with Gasteiger partial charge in [-0.15, -0.1) is 24.8 Å². The van der Waals surface area contributed by atoms with E-state index in [0.29, 0.717) is 6.54 Å². The van der Waals surface area contributed by atoms with E-state index in [1.807, 2.05) is 38.2 Å². The predicted molar refractivity (Wildman–Crippen MR) is 124 cm³/mol. The van der Waals surface area contributed by atoms with Crippen LogP contribution in [-0.2, 0) is 16.4 Å². The van der Waals surface area contributed by atoms with Gasteiger partial charge in [-0.25, -0.2) is 13.1 Å². The van der Waals surface area contributed by atoms with Crippen molar-refractivity contribution in [2.45, 2.75) is 24.3 Å². The van der Waals surface area contributed by atoms with E-state index in [0.717, 1.165) is 23.7 Å². The van der Waals surface area contributed by atoms with E-state index < -0.39 is 10.0 Å². The van der Waals surface area contributed by atoms with Gasteiger partial charge in [0.1, 0.15) is 0 Å². The molecule has 1 N–H and O–H groups in total. The molecule has 0 amide bonds. The summed E-state index contributed by atoms with van der Waals surface area (Å²) in [5.41, 5.74) is 1.28. The molecule has 0 bridgehead atoms.